The minimum Gasteiger partial charge on any atom is -0.481 e. The predicted molar refractivity (Wildman–Crippen MR) is 209 cm³/mol. The van der Waals surface area contributed by atoms with Gasteiger partial charge in [-0.2, -0.15) is 0 Å². The fraction of sp³-hybridized carbons (Fsp3) is 0.167. The molecule has 55 heavy (non-hydrogen) atoms. The maximum Gasteiger partial charge on any atom is 0.307 e. The zero-order valence-corrected chi connectivity index (χ0v) is 34.6. The van der Waals surface area contributed by atoms with E-state index in [-0.39, 0.29) is 37.7 Å². The molecule has 0 radical (unpaired) electrons. The van der Waals surface area contributed by atoms with Crippen LogP contribution in [0.15, 0.2) is 96.6 Å². The van der Waals surface area contributed by atoms with Crippen LogP contribution < -0.4 is 0 Å². The van der Waals surface area contributed by atoms with Gasteiger partial charge in [0, 0.05) is 34.7 Å². The maximum absolute atomic E-state index is 14.1. The number of fused-ring (bicyclic) bond motifs is 2. The molecule has 0 aliphatic heterocycles. The summed E-state index contributed by atoms with van der Waals surface area (Å²) in [6, 6.07) is 13.0. The molecule has 10 nitrogen and oxygen atoms in total. The Balaban J connectivity index is 0.000000211. The van der Waals surface area contributed by atoms with Gasteiger partial charge in [0.25, 0.3) is 0 Å². The molecule has 0 aliphatic rings. The standard InChI is InChI=1S/C18H14Cl2FNO4S2.C18H15ClFNO4S2/c1-9-11(6-17(23)24)15-7-12(19)14(21)8-22(15)18(9)27-16-4-3-10(5-13(16)20)28(2,25)26;1-10-13(8-17(22)23)15-5-3-11(20)9-21(15)18(10)26-16-6-4-12(7-14(16)19)27(2,24)25/h3-5,7-8H,6H2,1-2H3,(H,23,24);3-7,9H,8H2,1-2H3,(H,22,23). The van der Waals surface area contributed by atoms with E-state index in [1.807, 2.05) is 0 Å². The van der Waals surface area contributed by atoms with Crippen molar-refractivity contribution in [3.63, 3.8) is 0 Å². The average molecular weight is 890 g/mol. The van der Waals surface area contributed by atoms with Crippen LogP contribution in [-0.4, -0.2) is 60.3 Å². The number of sulfone groups is 2. The lowest BCUT2D eigenvalue weighted by atomic mass is 10.1. The van der Waals surface area contributed by atoms with Gasteiger partial charge in [-0.3, -0.25) is 9.59 Å². The molecule has 290 valence electrons. The molecule has 4 heterocycles. The highest BCUT2D eigenvalue weighted by molar-refractivity contribution is 7.99. The summed E-state index contributed by atoms with van der Waals surface area (Å²) < 4.78 is 77.6. The molecule has 6 rings (SSSR count). The van der Waals surface area contributed by atoms with Crippen LogP contribution in [0.5, 0.6) is 0 Å². The van der Waals surface area contributed by atoms with Crippen molar-refractivity contribution in [2.45, 2.75) is 56.3 Å². The Morgan fingerprint density at radius 2 is 1.09 bits per heavy atom. The van der Waals surface area contributed by atoms with E-state index in [2.05, 4.69) is 0 Å². The van der Waals surface area contributed by atoms with Crippen molar-refractivity contribution >= 4 is 101 Å². The Labute approximate surface area is 337 Å². The van der Waals surface area contributed by atoms with Crippen molar-refractivity contribution in [3.05, 3.63) is 116 Å². The maximum atomic E-state index is 14.1. The molecular formula is C36H29Cl3F2N2O8S4. The number of aromatic nitrogens is 2. The van der Waals surface area contributed by atoms with E-state index in [0.29, 0.717) is 53.1 Å². The lowest BCUT2D eigenvalue weighted by molar-refractivity contribution is -0.137. The topological polar surface area (TPSA) is 152 Å². The van der Waals surface area contributed by atoms with Crippen LogP contribution in [0, 0.1) is 25.5 Å². The van der Waals surface area contributed by atoms with Crippen LogP contribution >= 0.6 is 58.3 Å². The van der Waals surface area contributed by atoms with Gasteiger partial charge in [-0.25, -0.2) is 25.6 Å². The Kier molecular flexibility index (Phi) is 12.6. The summed E-state index contributed by atoms with van der Waals surface area (Å²) in [5.41, 5.74) is 3.54. The van der Waals surface area contributed by atoms with Gasteiger partial charge in [0.1, 0.15) is 5.82 Å². The van der Waals surface area contributed by atoms with Crippen LogP contribution in [0.2, 0.25) is 15.1 Å². The zero-order valence-electron chi connectivity index (χ0n) is 29.0. The van der Waals surface area contributed by atoms with Crippen molar-refractivity contribution in [2.24, 2.45) is 0 Å². The van der Waals surface area contributed by atoms with Gasteiger partial charge in [-0.05, 0) is 90.7 Å². The number of aliphatic carboxylic acids is 2. The second kappa shape index (κ2) is 16.4. The van der Waals surface area contributed by atoms with Gasteiger partial charge in [-0.15, -0.1) is 0 Å². The Hall–Kier alpha value is -3.77. The minimum atomic E-state index is -3.41. The highest BCUT2D eigenvalue weighted by atomic mass is 35.5. The van der Waals surface area contributed by atoms with E-state index in [4.69, 9.17) is 34.8 Å². The first-order valence-corrected chi connectivity index (χ1v) is 22.2. The number of benzene rings is 2. The van der Waals surface area contributed by atoms with Crippen molar-refractivity contribution in [1.29, 1.82) is 0 Å². The number of carbonyl (C=O) groups is 2. The van der Waals surface area contributed by atoms with Crippen LogP contribution in [0.4, 0.5) is 8.78 Å². The Morgan fingerprint density at radius 3 is 1.51 bits per heavy atom. The molecule has 4 aromatic heterocycles. The van der Waals surface area contributed by atoms with Crippen LogP contribution in [0.3, 0.4) is 0 Å². The fourth-order valence-electron chi connectivity index (χ4n) is 5.59. The molecule has 2 N–H and O–H groups in total. The summed E-state index contributed by atoms with van der Waals surface area (Å²) in [7, 11) is -6.79. The van der Waals surface area contributed by atoms with E-state index in [9.17, 15) is 45.4 Å². The summed E-state index contributed by atoms with van der Waals surface area (Å²) in [5.74, 6) is -3.11. The molecule has 0 unspecified atom stereocenters. The third-order valence-electron chi connectivity index (χ3n) is 8.24. The second-order valence-electron chi connectivity index (χ2n) is 12.2. The average Bonchev–Trinajstić information content (AvgIpc) is 3.46. The lowest BCUT2D eigenvalue weighted by Crippen LogP contribution is -2.01. The SMILES string of the molecule is Cc1c(CC(=O)O)c2cc(Cl)c(F)cn2c1Sc1ccc(S(C)(=O)=O)cc1Cl.Cc1c(CC(=O)O)c2ccc(F)cn2c1Sc1ccc(S(C)(=O)=O)cc1Cl. The number of carboxylic acid groups (broad SMARTS) is 2. The van der Waals surface area contributed by atoms with E-state index < -0.39 is 43.2 Å². The summed E-state index contributed by atoms with van der Waals surface area (Å²) in [4.78, 5) is 23.8. The smallest absolute Gasteiger partial charge is 0.307 e. The number of rotatable bonds is 10. The van der Waals surface area contributed by atoms with Crippen LogP contribution in [0.25, 0.3) is 11.0 Å². The summed E-state index contributed by atoms with van der Waals surface area (Å²) >= 11 is 20.8. The van der Waals surface area contributed by atoms with Gasteiger partial charge in [0.2, 0.25) is 0 Å². The van der Waals surface area contributed by atoms with Crippen molar-refractivity contribution in [3.8, 4) is 0 Å². The minimum absolute atomic E-state index is 0.0861. The second-order valence-corrected chi connectivity index (χ2v) is 19.5. The number of hydrogen-bond donors (Lipinski definition) is 2. The van der Waals surface area contributed by atoms with Gasteiger partial charge in [0.05, 0.1) is 58.8 Å². The van der Waals surface area contributed by atoms with E-state index in [1.165, 1.54) is 76.7 Å². The molecule has 0 saturated carbocycles. The van der Waals surface area contributed by atoms with E-state index in [0.717, 1.165) is 12.5 Å². The fourth-order valence-corrected chi connectivity index (χ4v) is 9.82. The summed E-state index contributed by atoms with van der Waals surface area (Å²) in [5, 5.41) is 20.0. The Bertz CT molecular complexity index is 2770. The number of pyridine rings is 2. The molecule has 0 aliphatic carbocycles. The number of carboxylic acids is 2. The lowest BCUT2D eigenvalue weighted by Gasteiger charge is -2.08. The first-order valence-electron chi connectivity index (χ1n) is 15.6. The summed E-state index contributed by atoms with van der Waals surface area (Å²) in [6.07, 6.45) is 4.21. The number of halogens is 5. The van der Waals surface area contributed by atoms with E-state index in [1.54, 1.807) is 36.4 Å². The predicted octanol–water partition coefficient (Wildman–Crippen LogP) is 9.10. The van der Waals surface area contributed by atoms with Gasteiger partial charge >= 0.3 is 11.9 Å². The number of nitrogens with zero attached hydrogens (tertiary/aromatic N) is 2. The monoisotopic (exact) mass is 888 g/mol. The van der Waals surface area contributed by atoms with E-state index >= 15 is 0 Å². The quantitative estimate of drug-likeness (QED) is 0.136. The normalized spacial score (nSPS) is 11.9. The molecule has 19 heteroatoms. The van der Waals surface area contributed by atoms with Crippen molar-refractivity contribution in [1.82, 2.24) is 8.80 Å². The van der Waals surface area contributed by atoms with Crippen molar-refractivity contribution in [2.75, 3.05) is 12.5 Å². The Morgan fingerprint density at radius 1 is 0.655 bits per heavy atom. The third kappa shape index (κ3) is 9.44. The molecule has 6 aromatic rings. The molecule has 0 saturated heterocycles. The molecular weight excluding hydrogens is 861 g/mol. The number of hydrogen-bond acceptors (Lipinski definition) is 8. The molecule has 0 atom stereocenters. The highest BCUT2D eigenvalue weighted by Gasteiger charge is 2.22. The van der Waals surface area contributed by atoms with Gasteiger partial charge in [0.15, 0.2) is 25.5 Å². The summed E-state index contributed by atoms with van der Waals surface area (Å²) in [6.45, 7) is 3.50. The van der Waals surface area contributed by atoms with Crippen LogP contribution in [0.1, 0.15) is 22.3 Å². The largest absolute Gasteiger partial charge is 0.481 e. The third-order valence-corrected chi connectivity index (χ3v) is 14.1. The van der Waals surface area contributed by atoms with Crippen molar-refractivity contribution < 1.29 is 45.4 Å². The van der Waals surface area contributed by atoms with Gasteiger partial charge in [-0.1, -0.05) is 58.3 Å². The zero-order chi connectivity index (χ0) is 40.7. The molecule has 0 amide bonds. The van der Waals surface area contributed by atoms with Crippen LogP contribution in [-0.2, 0) is 42.1 Å². The first kappa shape index (κ1) is 42.4. The molecule has 0 bridgehead atoms. The first-order chi connectivity index (χ1) is 25.6. The molecule has 0 fully saturated rings. The molecule has 0 spiro atoms. The van der Waals surface area contributed by atoms with Gasteiger partial charge < -0.3 is 19.0 Å². The molecule has 2 aromatic carbocycles. The highest BCUT2D eigenvalue weighted by Crippen LogP contribution is 2.41.